The third-order valence-corrected chi connectivity index (χ3v) is 5.67. The molecule has 1 atom stereocenters. The van der Waals surface area contributed by atoms with Gasteiger partial charge in [0.1, 0.15) is 11.6 Å². The number of anilines is 4. The number of fused-ring (bicyclic) bond motifs is 1. The first-order valence-corrected chi connectivity index (χ1v) is 10.2. The Kier molecular flexibility index (Phi) is 3.97. The molecule has 2 aliphatic rings. The van der Waals surface area contributed by atoms with Crippen molar-refractivity contribution in [3.8, 4) is 22.8 Å². The predicted octanol–water partition coefficient (Wildman–Crippen LogP) is 3.68. The number of benzene rings is 2. The molecule has 0 unspecified atom stereocenters. The van der Waals surface area contributed by atoms with Crippen LogP contribution in [-0.4, -0.2) is 46.0 Å². The molecule has 0 spiro atoms. The average Bonchev–Trinajstić information content (AvgIpc) is 3.09. The van der Waals surface area contributed by atoms with Gasteiger partial charge in [0.25, 0.3) is 0 Å². The summed E-state index contributed by atoms with van der Waals surface area (Å²) in [5.74, 6) is 3.19. The minimum atomic E-state index is 0.212. The SMILES string of the molecule is C[C@@H]1COCCN1c1cc(-c2cc3c4c(n[nH]c4c2)Nc2ccccc2O3)nc(N)n1. The van der Waals surface area contributed by atoms with Crippen LogP contribution in [0.25, 0.3) is 22.2 Å². The Labute approximate surface area is 178 Å². The first-order valence-electron chi connectivity index (χ1n) is 10.2. The molecule has 156 valence electrons. The van der Waals surface area contributed by atoms with Crippen LogP contribution >= 0.6 is 0 Å². The zero-order valence-electron chi connectivity index (χ0n) is 16.9. The lowest BCUT2D eigenvalue weighted by Gasteiger charge is -2.34. The number of aromatic nitrogens is 4. The topological polar surface area (TPSA) is 114 Å². The molecular weight excluding hydrogens is 394 g/mol. The summed E-state index contributed by atoms with van der Waals surface area (Å²) < 4.78 is 11.8. The standard InChI is InChI=1S/C22H21N7O2/c1-12-11-30-7-6-29(12)19-10-15(25-22(23)26-19)13-8-16-20-18(9-13)31-17-5-3-2-4-14(17)24-21(20)28-27-16/h2-5,8-10,12H,6-7,11H2,1H3,(H2,23,25,26)(H2,24,27,28)/t12-/m1/s1. The maximum absolute atomic E-state index is 6.26. The van der Waals surface area contributed by atoms with Crippen molar-refractivity contribution in [3.05, 3.63) is 42.5 Å². The van der Waals surface area contributed by atoms with E-state index in [9.17, 15) is 0 Å². The van der Waals surface area contributed by atoms with Crippen LogP contribution in [0.15, 0.2) is 42.5 Å². The van der Waals surface area contributed by atoms with E-state index in [-0.39, 0.29) is 12.0 Å². The number of aromatic amines is 1. The Hall–Kier alpha value is -3.85. The van der Waals surface area contributed by atoms with Crippen LogP contribution < -0.4 is 20.7 Å². The number of nitrogens with two attached hydrogens (primary N) is 1. The molecule has 0 radical (unpaired) electrons. The molecule has 0 saturated carbocycles. The lowest BCUT2D eigenvalue weighted by molar-refractivity contribution is 0.0985. The molecule has 4 N–H and O–H groups in total. The lowest BCUT2D eigenvalue weighted by Crippen LogP contribution is -2.44. The molecule has 2 aromatic heterocycles. The molecule has 1 fully saturated rings. The highest BCUT2D eigenvalue weighted by molar-refractivity contribution is 6.00. The van der Waals surface area contributed by atoms with E-state index < -0.39 is 0 Å². The molecule has 9 heteroatoms. The molecule has 0 aliphatic carbocycles. The number of ether oxygens (including phenoxy) is 2. The molecule has 9 nitrogen and oxygen atoms in total. The van der Waals surface area contributed by atoms with Crippen molar-refractivity contribution < 1.29 is 9.47 Å². The normalized spacial score (nSPS) is 17.6. The zero-order chi connectivity index (χ0) is 20.9. The lowest BCUT2D eigenvalue weighted by atomic mass is 10.1. The first kappa shape index (κ1) is 18.0. The van der Waals surface area contributed by atoms with Crippen molar-refractivity contribution in [2.45, 2.75) is 13.0 Å². The van der Waals surface area contributed by atoms with Gasteiger partial charge < -0.3 is 25.4 Å². The second-order valence-corrected chi connectivity index (χ2v) is 7.78. The van der Waals surface area contributed by atoms with Crippen molar-refractivity contribution in [1.29, 1.82) is 0 Å². The maximum Gasteiger partial charge on any atom is 0.222 e. The Balaban J connectivity index is 1.47. The summed E-state index contributed by atoms with van der Waals surface area (Å²) in [5.41, 5.74) is 9.40. The first-order chi connectivity index (χ1) is 15.2. The number of nitrogen functional groups attached to an aromatic ring is 1. The van der Waals surface area contributed by atoms with Gasteiger partial charge in [-0.05, 0) is 31.2 Å². The number of nitrogens with zero attached hydrogens (tertiary/aromatic N) is 4. The summed E-state index contributed by atoms with van der Waals surface area (Å²) in [6, 6.07) is 13.9. The number of para-hydroxylation sites is 2. The van der Waals surface area contributed by atoms with E-state index in [1.807, 2.05) is 42.5 Å². The monoisotopic (exact) mass is 415 g/mol. The second-order valence-electron chi connectivity index (χ2n) is 7.78. The van der Waals surface area contributed by atoms with Crippen LogP contribution in [0.5, 0.6) is 11.5 Å². The highest BCUT2D eigenvalue weighted by Gasteiger charge is 2.23. The van der Waals surface area contributed by atoms with Gasteiger partial charge >= 0.3 is 0 Å². The highest BCUT2D eigenvalue weighted by atomic mass is 16.5. The molecule has 4 aromatic rings. The van der Waals surface area contributed by atoms with E-state index in [0.717, 1.165) is 51.8 Å². The van der Waals surface area contributed by atoms with Crippen molar-refractivity contribution in [2.75, 3.05) is 35.7 Å². The molecule has 31 heavy (non-hydrogen) atoms. The van der Waals surface area contributed by atoms with Crippen LogP contribution in [0.1, 0.15) is 6.92 Å². The van der Waals surface area contributed by atoms with Gasteiger partial charge in [0.2, 0.25) is 5.95 Å². The van der Waals surface area contributed by atoms with Crippen molar-refractivity contribution >= 4 is 34.2 Å². The van der Waals surface area contributed by atoms with E-state index in [2.05, 4.69) is 37.3 Å². The van der Waals surface area contributed by atoms with E-state index in [1.165, 1.54) is 0 Å². The van der Waals surface area contributed by atoms with Crippen LogP contribution in [0.4, 0.5) is 23.3 Å². The van der Waals surface area contributed by atoms with Gasteiger partial charge in [-0.25, -0.2) is 4.98 Å². The smallest absolute Gasteiger partial charge is 0.222 e. The maximum atomic E-state index is 6.26. The van der Waals surface area contributed by atoms with Crippen molar-refractivity contribution in [3.63, 3.8) is 0 Å². The van der Waals surface area contributed by atoms with E-state index in [4.69, 9.17) is 15.2 Å². The van der Waals surface area contributed by atoms with Gasteiger partial charge in [0, 0.05) is 18.2 Å². The van der Waals surface area contributed by atoms with Crippen LogP contribution in [-0.2, 0) is 4.74 Å². The van der Waals surface area contributed by atoms with E-state index in [1.54, 1.807) is 0 Å². The molecule has 2 aliphatic heterocycles. The number of hydrogen-bond donors (Lipinski definition) is 3. The number of nitrogens with one attached hydrogen (secondary N) is 2. The van der Waals surface area contributed by atoms with Gasteiger partial charge in [-0.15, -0.1) is 0 Å². The molecule has 0 amide bonds. The summed E-state index contributed by atoms with van der Waals surface area (Å²) in [4.78, 5) is 11.2. The summed E-state index contributed by atoms with van der Waals surface area (Å²) >= 11 is 0. The van der Waals surface area contributed by atoms with Crippen LogP contribution in [0, 0.1) is 0 Å². The minimum absolute atomic E-state index is 0.212. The molecular formula is C22H21N7O2. The number of rotatable bonds is 2. The predicted molar refractivity (Wildman–Crippen MR) is 119 cm³/mol. The number of hydrogen-bond acceptors (Lipinski definition) is 8. The van der Waals surface area contributed by atoms with Crippen molar-refractivity contribution in [1.82, 2.24) is 20.2 Å². The van der Waals surface area contributed by atoms with Crippen LogP contribution in [0.2, 0.25) is 0 Å². The summed E-state index contributed by atoms with van der Waals surface area (Å²) in [6.45, 7) is 4.20. The molecule has 4 heterocycles. The molecule has 0 bridgehead atoms. The average molecular weight is 415 g/mol. The fraction of sp³-hybridized carbons (Fsp3) is 0.227. The van der Waals surface area contributed by atoms with Gasteiger partial charge in [-0.3, -0.25) is 5.10 Å². The molecule has 2 aromatic carbocycles. The fourth-order valence-corrected chi connectivity index (χ4v) is 4.16. The number of morpholine rings is 1. The summed E-state index contributed by atoms with van der Waals surface area (Å²) in [5, 5.41) is 11.8. The Morgan fingerprint density at radius 3 is 2.94 bits per heavy atom. The summed E-state index contributed by atoms with van der Waals surface area (Å²) in [7, 11) is 0. The van der Waals surface area contributed by atoms with Gasteiger partial charge in [0.15, 0.2) is 11.6 Å². The molecule has 1 saturated heterocycles. The Morgan fingerprint density at radius 2 is 2.03 bits per heavy atom. The quantitative estimate of drug-likeness (QED) is 0.400. The van der Waals surface area contributed by atoms with Gasteiger partial charge in [-0.1, -0.05) is 12.1 Å². The van der Waals surface area contributed by atoms with Crippen LogP contribution in [0.3, 0.4) is 0 Å². The Morgan fingerprint density at radius 1 is 1.13 bits per heavy atom. The number of H-pyrrole nitrogens is 1. The van der Waals surface area contributed by atoms with Gasteiger partial charge in [0.05, 0.1) is 41.5 Å². The van der Waals surface area contributed by atoms with Gasteiger partial charge in [-0.2, -0.15) is 10.1 Å². The minimum Gasteiger partial charge on any atom is -0.454 e. The van der Waals surface area contributed by atoms with Crippen molar-refractivity contribution in [2.24, 2.45) is 0 Å². The second kappa shape index (κ2) is 6.85. The highest BCUT2D eigenvalue weighted by Crippen LogP contribution is 2.44. The van der Waals surface area contributed by atoms with E-state index >= 15 is 0 Å². The zero-order valence-corrected chi connectivity index (χ0v) is 16.9. The Bertz CT molecular complexity index is 1300. The largest absolute Gasteiger partial charge is 0.454 e. The third-order valence-electron chi connectivity index (χ3n) is 5.67. The summed E-state index contributed by atoms with van der Waals surface area (Å²) in [6.07, 6.45) is 0. The molecule has 6 rings (SSSR count). The fourth-order valence-electron chi connectivity index (χ4n) is 4.16. The van der Waals surface area contributed by atoms with E-state index in [0.29, 0.717) is 19.0 Å². The third kappa shape index (κ3) is 3.01.